The molecule has 110 valence electrons. The first-order chi connectivity index (χ1) is 9.95. The molecule has 0 saturated heterocycles. The molecule has 2 aromatic rings. The summed E-state index contributed by atoms with van der Waals surface area (Å²) in [4.78, 5) is 21.4. The van der Waals surface area contributed by atoms with Crippen molar-refractivity contribution in [2.75, 3.05) is 16.8 Å². The molecule has 0 unspecified atom stereocenters. The second-order valence-corrected chi connectivity index (χ2v) is 5.90. The number of nitrogens with zero attached hydrogens (tertiary/aromatic N) is 3. The molecule has 0 fully saturated rings. The molecule has 0 bridgehead atoms. The van der Waals surface area contributed by atoms with Gasteiger partial charge in [-0.25, -0.2) is 4.39 Å². The monoisotopic (exact) mass is 329 g/mol. The Bertz CT molecular complexity index is 693. The lowest BCUT2D eigenvalue weighted by atomic mass is 10.2. The molecule has 3 N–H and O–H groups in total. The van der Waals surface area contributed by atoms with E-state index >= 15 is 0 Å². The number of carbonyl (C=O) groups excluding carboxylic acids is 1. The standard InChI is InChI=1S/C10H8FN5O3S2/c11-6-3-5(16(18)19)1-2-7(6)13-8(17)4-20-10-15-14-9(12)21-10/h1-3H,4H2,(H2,12,14)(H,13,17). The highest BCUT2D eigenvalue weighted by molar-refractivity contribution is 8.01. The molecule has 1 amide bonds. The van der Waals surface area contributed by atoms with E-state index < -0.39 is 16.6 Å². The number of carbonyl (C=O) groups is 1. The fraction of sp³-hybridized carbons (Fsp3) is 0.100. The van der Waals surface area contributed by atoms with Crippen molar-refractivity contribution in [3.63, 3.8) is 0 Å². The van der Waals surface area contributed by atoms with Gasteiger partial charge in [0.25, 0.3) is 5.69 Å². The lowest BCUT2D eigenvalue weighted by Crippen LogP contribution is -2.15. The van der Waals surface area contributed by atoms with Crippen LogP contribution in [0.5, 0.6) is 0 Å². The lowest BCUT2D eigenvalue weighted by Gasteiger charge is -2.05. The molecule has 11 heteroatoms. The average Bonchev–Trinajstić information content (AvgIpc) is 2.84. The Morgan fingerprint density at radius 2 is 2.29 bits per heavy atom. The minimum atomic E-state index is -0.872. The molecule has 1 aromatic heterocycles. The fourth-order valence-electron chi connectivity index (χ4n) is 1.31. The normalized spacial score (nSPS) is 10.3. The van der Waals surface area contributed by atoms with Crippen molar-refractivity contribution < 1.29 is 14.1 Å². The number of hydrogen-bond donors (Lipinski definition) is 2. The number of thioether (sulfide) groups is 1. The number of nitro benzene ring substituents is 1. The van der Waals surface area contributed by atoms with Gasteiger partial charge in [0.15, 0.2) is 10.2 Å². The van der Waals surface area contributed by atoms with Crippen LogP contribution in [0.2, 0.25) is 0 Å². The van der Waals surface area contributed by atoms with Gasteiger partial charge in [-0.2, -0.15) is 0 Å². The summed E-state index contributed by atoms with van der Waals surface area (Å²) in [6, 6.07) is 2.99. The first kappa shape index (κ1) is 15.1. The molecule has 0 saturated carbocycles. The maximum absolute atomic E-state index is 13.6. The molecule has 0 radical (unpaired) electrons. The predicted molar refractivity (Wildman–Crippen MR) is 76.7 cm³/mol. The maximum atomic E-state index is 13.6. The van der Waals surface area contributed by atoms with Gasteiger partial charge < -0.3 is 11.1 Å². The zero-order valence-electron chi connectivity index (χ0n) is 10.3. The maximum Gasteiger partial charge on any atom is 0.272 e. The first-order valence-electron chi connectivity index (χ1n) is 5.41. The Labute approximate surface area is 125 Å². The van der Waals surface area contributed by atoms with Crippen LogP contribution in [0.15, 0.2) is 22.5 Å². The smallest absolute Gasteiger partial charge is 0.272 e. The molecule has 1 heterocycles. The first-order valence-corrected chi connectivity index (χ1v) is 7.21. The molecule has 0 aliphatic carbocycles. The number of nitrogen functional groups attached to an aromatic ring is 1. The highest BCUT2D eigenvalue weighted by Gasteiger charge is 2.13. The summed E-state index contributed by atoms with van der Waals surface area (Å²) in [6.45, 7) is 0. The van der Waals surface area contributed by atoms with Gasteiger partial charge in [-0.15, -0.1) is 10.2 Å². The van der Waals surface area contributed by atoms with Crippen LogP contribution < -0.4 is 11.1 Å². The van der Waals surface area contributed by atoms with Gasteiger partial charge >= 0.3 is 0 Å². The Morgan fingerprint density at radius 3 is 2.86 bits per heavy atom. The zero-order valence-corrected chi connectivity index (χ0v) is 11.9. The third kappa shape index (κ3) is 4.10. The summed E-state index contributed by atoms with van der Waals surface area (Å²) in [7, 11) is 0. The number of benzene rings is 1. The molecular formula is C10H8FN5O3S2. The van der Waals surface area contributed by atoms with Crippen LogP contribution in [0.4, 0.5) is 20.9 Å². The van der Waals surface area contributed by atoms with Crippen molar-refractivity contribution in [2.24, 2.45) is 0 Å². The molecular weight excluding hydrogens is 321 g/mol. The van der Waals surface area contributed by atoms with Crippen LogP contribution >= 0.6 is 23.1 Å². The van der Waals surface area contributed by atoms with Crippen molar-refractivity contribution >= 4 is 45.5 Å². The summed E-state index contributed by atoms with van der Waals surface area (Å²) in [5.41, 5.74) is 4.89. The number of rotatable bonds is 5. The van der Waals surface area contributed by atoms with Gasteiger partial charge in [0.1, 0.15) is 0 Å². The van der Waals surface area contributed by atoms with E-state index in [0.29, 0.717) is 9.47 Å². The van der Waals surface area contributed by atoms with Crippen molar-refractivity contribution in [1.82, 2.24) is 10.2 Å². The van der Waals surface area contributed by atoms with Crippen LogP contribution in [0.1, 0.15) is 0 Å². The number of nitrogens with one attached hydrogen (secondary N) is 1. The molecule has 2 rings (SSSR count). The van der Waals surface area contributed by atoms with Gasteiger partial charge in [0.2, 0.25) is 11.0 Å². The third-order valence-corrected chi connectivity index (χ3v) is 4.07. The largest absolute Gasteiger partial charge is 0.374 e. The number of hydrogen-bond acceptors (Lipinski definition) is 8. The Morgan fingerprint density at radius 1 is 1.52 bits per heavy atom. The topological polar surface area (TPSA) is 124 Å². The van der Waals surface area contributed by atoms with E-state index in [9.17, 15) is 19.3 Å². The summed E-state index contributed by atoms with van der Waals surface area (Å²) in [6.07, 6.45) is 0. The molecule has 21 heavy (non-hydrogen) atoms. The number of nitrogens with two attached hydrogens (primary N) is 1. The highest BCUT2D eigenvalue weighted by Crippen LogP contribution is 2.24. The van der Waals surface area contributed by atoms with E-state index in [-0.39, 0.29) is 17.1 Å². The molecule has 1 aromatic carbocycles. The lowest BCUT2D eigenvalue weighted by molar-refractivity contribution is -0.385. The number of non-ortho nitro benzene ring substituents is 1. The number of aromatic nitrogens is 2. The van der Waals surface area contributed by atoms with Crippen LogP contribution in [0, 0.1) is 15.9 Å². The van der Waals surface area contributed by atoms with Gasteiger partial charge in [-0.05, 0) is 6.07 Å². The zero-order chi connectivity index (χ0) is 15.4. The Balaban J connectivity index is 1.94. The van der Waals surface area contributed by atoms with E-state index in [0.717, 1.165) is 41.3 Å². The molecule has 0 aliphatic rings. The second-order valence-electron chi connectivity index (χ2n) is 3.66. The van der Waals surface area contributed by atoms with Crippen LogP contribution in [-0.4, -0.2) is 26.8 Å². The molecule has 0 spiro atoms. The second kappa shape index (κ2) is 6.45. The van der Waals surface area contributed by atoms with Gasteiger partial charge in [0.05, 0.1) is 22.4 Å². The number of halogens is 1. The van der Waals surface area contributed by atoms with E-state index in [4.69, 9.17) is 5.73 Å². The predicted octanol–water partition coefficient (Wildman–Crippen LogP) is 1.90. The van der Waals surface area contributed by atoms with Crippen LogP contribution in [0.25, 0.3) is 0 Å². The van der Waals surface area contributed by atoms with Crippen LogP contribution in [0.3, 0.4) is 0 Å². The fourth-order valence-corrected chi connectivity index (χ4v) is 2.75. The molecule has 0 atom stereocenters. The highest BCUT2D eigenvalue weighted by atomic mass is 32.2. The third-order valence-electron chi connectivity index (χ3n) is 2.19. The summed E-state index contributed by atoms with van der Waals surface area (Å²) >= 11 is 2.24. The van der Waals surface area contributed by atoms with Crippen molar-refractivity contribution in [2.45, 2.75) is 4.34 Å². The Hall–Kier alpha value is -2.27. The SMILES string of the molecule is Nc1nnc(SCC(=O)Nc2ccc([N+](=O)[O-])cc2F)s1. The number of nitro groups is 1. The summed E-state index contributed by atoms with van der Waals surface area (Å²) in [5.74, 6) is -1.35. The van der Waals surface area contributed by atoms with E-state index in [1.54, 1.807) is 0 Å². The summed E-state index contributed by atoms with van der Waals surface area (Å²) < 4.78 is 14.1. The molecule has 0 aliphatic heterocycles. The quantitative estimate of drug-likeness (QED) is 0.487. The number of anilines is 2. The van der Waals surface area contributed by atoms with Gasteiger partial charge in [0, 0.05) is 6.07 Å². The van der Waals surface area contributed by atoms with Crippen molar-refractivity contribution in [3.8, 4) is 0 Å². The minimum absolute atomic E-state index is 0.00887. The van der Waals surface area contributed by atoms with E-state index in [2.05, 4.69) is 15.5 Å². The van der Waals surface area contributed by atoms with Gasteiger partial charge in [-0.1, -0.05) is 23.1 Å². The van der Waals surface area contributed by atoms with Crippen LogP contribution in [-0.2, 0) is 4.79 Å². The Kier molecular flexibility index (Phi) is 4.65. The van der Waals surface area contributed by atoms with E-state index in [1.165, 1.54) is 0 Å². The van der Waals surface area contributed by atoms with Gasteiger partial charge in [-0.3, -0.25) is 14.9 Å². The van der Waals surface area contributed by atoms with E-state index in [1.807, 2.05) is 0 Å². The molecule has 8 nitrogen and oxygen atoms in total. The average molecular weight is 329 g/mol. The summed E-state index contributed by atoms with van der Waals surface area (Å²) in [5, 5.41) is 20.4. The van der Waals surface area contributed by atoms with Crippen molar-refractivity contribution in [3.05, 3.63) is 34.1 Å². The minimum Gasteiger partial charge on any atom is -0.374 e. The van der Waals surface area contributed by atoms with Crippen molar-refractivity contribution in [1.29, 1.82) is 0 Å². The number of amides is 1.